The molecule has 214 valence electrons. The zero-order chi connectivity index (χ0) is 28.8. The summed E-state index contributed by atoms with van der Waals surface area (Å²) in [5.41, 5.74) is 1.63. The van der Waals surface area contributed by atoms with E-state index in [0.717, 1.165) is 29.2 Å². The van der Waals surface area contributed by atoms with Gasteiger partial charge in [-0.15, -0.1) is 11.8 Å². The van der Waals surface area contributed by atoms with Gasteiger partial charge in [0, 0.05) is 17.0 Å². The standard InChI is InChI=1S/C33H37N3O4S/c1-3-17-34-29(38)26-27-31(40)36(25(20-37)18-21-9-5-4-6-10-21)28(33(27)16-15-32(26,2)41-33)30(39)35-24-14-13-22-11-7-8-12-23(22)19-24/h4-14,19,25-28,37H,3,15-18,20H2,1-2H3,(H,34,38)(H,35,39)/t25-,26-,27+,28?,32+,33?/m1/s1. The molecule has 3 aromatic rings. The van der Waals surface area contributed by atoms with Gasteiger partial charge in [0.05, 0.1) is 29.2 Å². The lowest BCUT2D eigenvalue weighted by Crippen LogP contribution is -2.55. The number of aliphatic hydroxyl groups is 1. The second kappa shape index (κ2) is 10.8. The Balaban J connectivity index is 1.40. The van der Waals surface area contributed by atoms with E-state index in [0.29, 0.717) is 25.1 Å². The molecule has 2 unspecified atom stereocenters. The molecule has 1 spiro atoms. The van der Waals surface area contributed by atoms with Crippen LogP contribution in [0.25, 0.3) is 10.8 Å². The van der Waals surface area contributed by atoms with Crippen LogP contribution in [-0.4, -0.2) is 62.5 Å². The van der Waals surface area contributed by atoms with Crippen LogP contribution in [0.5, 0.6) is 0 Å². The van der Waals surface area contributed by atoms with Crippen molar-refractivity contribution >= 4 is 45.9 Å². The third-order valence-corrected chi connectivity index (χ3v) is 11.2. The highest BCUT2D eigenvalue weighted by molar-refractivity contribution is 8.02. The van der Waals surface area contributed by atoms with Crippen molar-refractivity contribution in [3.05, 3.63) is 78.4 Å². The lowest BCUT2D eigenvalue weighted by atomic mass is 9.66. The molecular weight excluding hydrogens is 534 g/mol. The van der Waals surface area contributed by atoms with Crippen LogP contribution in [0, 0.1) is 11.8 Å². The zero-order valence-corrected chi connectivity index (χ0v) is 24.3. The highest BCUT2D eigenvalue weighted by atomic mass is 32.2. The Bertz CT molecular complexity index is 1480. The van der Waals surface area contributed by atoms with Crippen molar-refractivity contribution in [1.29, 1.82) is 0 Å². The lowest BCUT2D eigenvalue weighted by molar-refractivity contribution is -0.142. The molecule has 41 heavy (non-hydrogen) atoms. The van der Waals surface area contributed by atoms with Crippen molar-refractivity contribution in [1.82, 2.24) is 10.2 Å². The number of rotatable bonds is 9. The summed E-state index contributed by atoms with van der Waals surface area (Å²) in [6.45, 7) is 4.35. The maximum Gasteiger partial charge on any atom is 0.248 e. The molecule has 3 N–H and O–H groups in total. The number of amides is 3. The van der Waals surface area contributed by atoms with Crippen LogP contribution in [0.2, 0.25) is 0 Å². The highest BCUT2D eigenvalue weighted by Crippen LogP contribution is 2.71. The molecule has 0 aromatic heterocycles. The molecule has 3 fully saturated rings. The summed E-state index contributed by atoms with van der Waals surface area (Å²) < 4.78 is -1.18. The van der Waals surface area contributed by atoms with E-state index in [1.807, 2.05) is 79.7 Å². The van der Waals surface area contributed by atoms with Crippen molar-refractivity contribution < 1.29 is 19.5 Å². The average Bonchev–Trinajstić information content (AvgIpc) is 3.55. The number of nitrogens with one attached hydrogen (secondary N) is 2. The summed E-state index contributed by atoms with van der Waals surface area (Å²) in [5, 5.41) is 18.9. The molecule has 3 saturated heterocycles. The van der Waals surface area contributed by atoms with Crippen molar-refractivity contribution in [2.24, 2.45) is 11.8 Å². The third kappa shape index (κ3) is 4.61. The molecule has 6 atom stereocenters. The number of carbonyl (C=O) groups is 3. The molecule has 3 aliphatic rings. The van der Waals surface area contributed by atoms with Crippen molar-refractivity contribution in [2.45, 2.75) is 61.1 Å². The first-order chi connectivity index (χ1) is 19.8. The van der Waals surface area contributed by atoms with Crippen LogP contribution in [0.4, 0.5) is 5.69 Å². The second-order valence-electron chi connectivity index (χ2n) is 11.8. The molecule has 8 heteroatoms. The van der Waals surface area contributed by atoms with Crippen molar-refractivity contribution in [3.63, 3.8) is 0 Å². The molecular formula is C33H37N3O4S. The third-order valence-electron chi connectivity index (χ3n) is 9.23. The van der Waals surface area contributed by atoms with Gasteiger partial charge in [-0.3, -0.25) is 14.4 Å². The number of aliphatic hydroxyl groups excluding tert-OH is 1. The lowest BCUT2D eigenvalue weighted by Gasteiger charge is -2.37. The molecule has 7 nitrogen and oxygen atoms in total. The number of hydrogen-bond acceptors (Lipinski definition) is 5. The number of carbonyl (C=O) groups excluding carboxylic acids is 3. The van der Waals surface area contributed by atoms with E-state index >= 15 is 0 Å². The van der Waals surface area contributed by atoms with Gasteiger partial charge < -0.3 is 20.6 Å². The number of thioether (sulfide) groups is 1. The van der Waals surface area contributed by atoms with Gasteiger partial charge in [-0.05, 0) is 61.1 Å². The fourth-order valence-electron chi connectivity index (χ4n) is 7.43. The summed E-state index contributed by atoms with van der Waals surface area (Å²) in [6, 6.07) is 22.1. The smallest absolute Gasteiger partial charge is 0.248 e. The Morgan fingerprint density at radius 3 is 2.49 bits per heavy atom. The first-order valence-corrected chi connectivity index (χ1v) is 15.4. The maximum atomic E-state index is 14.5. The Labute approximate surface area is 245 Å². The minimum absolute atomic E-state index is 0.110. The van der Waals surface area contributed by atoms with Gasteiger partial charge in [0.1, 0.15) is 6.04 Å². The van der Waals surface area contributed by atoms with E-state index in [1.165, 1.54) is 0 Å². The highest BCUT2D eigenvalue weighted by Gasteiger charge is 2.77. The van der Waals surface area contributed by atoms with E-state index in [9.17, 15) is 19.5 Å². The summed E-state index contributed by atoms with van der Waals surface area (Å²) in [6.07, 6.45) is 2.64. The molecule has 0 radical (unpaired) electrons. The maximum absolute atomic E-state index is 14.5. The first-order valence-electron chi connectivity index (χ1n) is 14.6. The molecule has 3 heterocycles. The van der Waals surface area contributed by atoms with E-state index in [2.05, 4.69) is 17.6 Å². The molecule has 0 aliphatic carbocycles. The predicted molar refractivity (Wildman–Crippen MR) is 162 cm³/mol. The minimum Gasteiger partial charge on any atom is -0.394 e. The minimum atomic E-state index is -0.817. The van der Waals surface area contributed by atoms with Crippen molar-refractivity contribution in [3.8, 4) is 0 Å². The van der Waals surface area contributed by atoms with Gasteiger partial charge in [0.15, 0.2) is 0 Å². The van der Waals surface area contributed by atoms with Crippen LogP contribution in [0.15, 0.2) is 72.8 Å². The molecule has 6 rings (SSSR count). The van der Waals surface area contributed by atoms with Crippen LogP contribution in [0.1, 0.15) is 38.7 Å². The number of nitrogens with zero attached hydrogens (tertiary/aromatic N) is 1. The van der Waals surface area contributed by atoms with Gasteiger partial charge in [-0.1, -0.05) is 67.6 Å². The fourth-order valence-corrected chi connectivity index (χ4v) is 9.77. The number of fused-ring (bicyclic) bond motifs is 2. The summed E-state index contributed by atoms with van der Waals surface area (Å²) in [4.78, 5) is 44.0. The topological polar surface area (TPSA) is 98.7 Å². The Morgan fingerprint density at radius 1 is 1.02 bits per heavy atom. The fraction of sp³-hybridized carbons (Fsp3) is 0.424. The van der Waals surface area contributed by atoms with Gasteiger partial charge in [0.2, 0.25) is 17.7 Å². The van der Waals surface area contributed by atoms with Gasteiger partial charge >= 0.3 is 0 Å². The van der Waals surface area contributed by atoms with Crippen LogP contribution < -0.4 is 10.6 Å². The first kappa shape index (κ1) is 27.8. The van der Waals surface area contributed by atoms with Crippen LogP contribution in [0.3, 0.4) is 0 Å². The predicted octanol–water partition coefficient (Wildman–Crippen LogP) is 4.39. The number of likely N-dealkylation sites (tertiary alicyclic amines) is 1. The second-order valence-corrected chi connectivity index (χ2v) is 13.7. The van der Waals surface area contributed by atoms with E-state index in [4.69, 9.17) is 0 Å². The molecule has 3 aliphatic heterocycles. The number of hydrogen-bond donors (Lipinski definition) is 3. The van der Waals surface area contributed by atoms with E-state index in [-0.39, 0.29) is 24.3 Å². The summed E-state index contributed by atoms with van der Waals surface area (Å²) in [7, 11) is 0. The van der Waals surface area contributed by atoms with E-state index in [1.54, 1.807) is 16.7 Å². The number of benzene rings is 3. The Hall–Kier alpha value is -3.36. The zero-order valence-electron chi connectivity index (χ0n) is 23.5. The van der Waals surface area contributed by atoms with Crippen LogP contribution >= 0.6 is 11.8 Å². The summed E-state index contributed by atoms with van der Waals surface area (Å²) in [5.74, 6) is -1.74. The van der Waals surface area contributed by atoms with Crippen LogP contribution in [-0.2, 0) is 20.8 Å². The normalized spacial score (nSPS) is 29.0. The number of anilines is 1. The SMILES string of the molecule is CCCNC(=O)[C@H]1[C@H]2C(=O)N([C@@H](CO)Cc3ccccc3)C(C(=O)Nc3ccc4ccccc4c3)C23CC[C@]1(C)S3. The summed E-state index contributed by atoms with van der Waals surface area (Å²) >= 11 is 1.65. The van der Waals surface area contributed by atoms with Crippen molar-refractivity contribution in [2.75, 3.05) is 18.5 Å². The molecule has 3 amide bonds. The van der Waals surface area contributed by atoms with Gasteiger partial charge in [-0.2, -0.15) is 0 Å². The Kier molecular flexibility index (Phi) is 7.32. The molecule has 3 aromatic carbocycles. The van der Waals surface area contributed by atoms with Gasteiger partial charge in [0.25, 0.3) is 0 Å². The molecule has 2 bridgehead atoms. The van der Waals surface area contributed by atoms with Gasteiger partial charge in [-0.25, -0.2) is 0 Å². The molecule has 0 saturated carbocycles. The average molecular weight is 572 g/mol. The largest absolute Gasteiger partial charge is 0.394 e. The quantitative estimate of drug-likeness (QED) is 0.354. The van der Waals surface area contributed by atoms with E-state index < -0.39 is 33.4 Å². The monoisotopic (exact) mass is 571 g/mol. The Morgan fingerprint density at radius 2 is 1.76 bits per heavy atom.